The maximum atomic E-state index is 10.7. The molecule has 0 aromatic heterocycles. The fraction of sp³-hybridized carbons (Fsp3) is 0.222. The second kappa shape index (κ2) is 3.80. The number of carbonyl (C=O) groups is 1. The number of hydrogen-bond acceptors (Lipinski definition) is 3. The lowest BCUT2D eigenvalue weighted by Crippen LogP contribution is -2.25. The van der Waals surface area contributed by atoms with E-state index >= 15 is 0 Å². The summed E-state index contributed by atoms with van der Waals surface area (Å²) in [4.78, 5) is 10.7. The number of hydrogen-bond donors (Lipinski definition) is 3. The second-order valence-corrected chi connectivity index (χ2v) is 2.43. The number of anilines is 1. The Morgan fingerprint density at radius 1 is 1.69 bits per heavy atom. The number of nitrogens with one attached hydrogen (secondary N) is 1. The van der Waals surface area contributed by atoms with Gasteiger partial charge in [-0.25, -0.2) is 0 Å². The molecule has 0 aliphatic rings. The van der Waals surface area contributed by atoms with E-state index < -0.39 is 12.0 Å². The van der Waals surface area contributed by atoms with E-state index in [9.17, 15) is 4.79 Å². The predicted octanol–water partition coefficient (Wildman–Crippen LogP) is 1.28. The zero-order valence-electron chi connectivity index (χ0n) is 9.96. The SMILES string of the molecule is [2H]c1cc(O)cc([2H])c1N[C@@]([2H])(C)C(=O)O. The van der Waals surface area contributed by atoms with Crippen molar-refractivity contribution in [2.75, 3.05) is 5.32 Å². The lowest BCUT2D eigenvalue weighted by molar-refractivity contribution is -0.137. The van der Waals surface area contributed by atoms with Gasteiger partial charge in [0.25, 0.3) is 0 Å². The van der Waals surface area contributed by atoms with Crippen molar-refractivity contribution in [3.63, 3.8) is 0 Å². The lowest BCUT2D eigenvalue weighted by atomic mass is 10.2. The summed E-state index contributed by atoms with van der Waals surface area (Å²) >= 11 is 0. The largest absolute Gasteiger partial charge is 0.508 e. The fourth-order valence-electron chi connectivity index (χ4n) is 0.689. The summed E-state index contributed by atoms with van der Waals surface area (Å²) in [6.07, 6.45) is 0. The van der Waals surface area contributed by atoms with Crippen molar-refractivity contribution >= 4 is 11.7 Å². The Hall–Kier alpha value is -1.71. The lowest BCUT2D eigenvalue weighted by Gasteiger charge is -2.09. The molecule has 1 rings (SSSR count). The van der Waals surface area contributed by atoms with Crippen molar-refractivity contribution in [1.29, 1.82) is 0 Å². The first-order valence-corrected chi connectivity index (χ1v) is 3.56. The first-order valence-electron chi connectivity index (χ1n) is 5.06. The molecule has 0 unspecified atom stereocenters. The number of aromatic hydroxyl groups is 1. The molecule has 0 bridgehead atoms. The van der Waals surface area contributed by atoms with Crippen LogP contribution in [0.3, 0.4) is 0 Å². The summed E-state index contributed by atoms with van der Waals surface area (Å²) in [6.45, 7) is 1.10. The van der Waals surface area contributed by atoms with E-state index in [4.69, 9.17) is 14.3 Å². The van der Waals surface area contributed by atoms with E-state index in [0.29, 0.717) is 0 Å². The van der Waals surface area contributed by atoms with Crippen LogP contribution in [0.25, 0.3) is 0 Å². The van der Waals surface area contributed by atoms with E-state index in [1.807, 2.05) is 0 Å². The topological polar surface area (TPSA) is 69.6 Å². The van der Waals surface area contributed by atoms with Crippen LogP contribution in [0.4, 0.5) is 5.69 Å². The molecule has 0 aliphatic heterocycles. The number of phenols is 1. The Balaban J connectivity index is 3.11. The highest BCUT2D eigenvalue weighted by molar-refractivity contribution is 5.76. The summed E-state index contributed by atoms with van der Waals surface area (Å²) < 4.78 is 22.3. The van der Waals surface area contributed by atoms with Crippen molar-refractivity contribution in [1.82, 2.24) is 0 Å². The maximum Gasteiger partial charge on any atom is 0.325 e. The molecule has 4 nitrogen and oxygen atoms in total. The molecule has 1 aromatic carbocycles. The predicted molar refractivity (Wildman–Crippen MR) is 48.8 cm³/mol. The number of benzene rings is 1. The number of rotatable bonds is 3. The van der Waals surface area contributed by atoms with Crippen LogP contribution in [-0.4, -0.2) is 22.2 Å². The number of carboxylic acid groups (broad SMARTS) is 1. The first kappa shape index (κ1) is 5.85. The van der Waals surface area contributed by atoms with E-state index in [2.05, 4.69) is 5.32 Å². The molecule has 13 heavy (non-hydrogen) atoms. The van der Waals surface area contributed by atoms with E-state index in [1.54, 1.807) is 0 Å². The molecule has 0 spiro atoms. The molecule has 0 amide bonds. The van der Waals surface area contributed by atoms with E-state index in [-0.39, 0.29) is 23.5 Å². The zero-order valence-corrected chi connectivity index (χ0v) is 6.96. The van der Waals surface area contributed by atoms with Gasteiger partial charge in [-0.3, -0.25) is 4.79 Å². The number of carboxylic acids is 1. The Morgan fingerprint density at radius 3 is 2.69 bits per heavy atom. The number of phenolic OH excluding ortho intramolecular Hbond substituents is 1. The Labute approximate surface area is 80.0 Å². The first-order chi connectivity index (χ1) is 7.24. The smallest absolute Gasteiger partial charge is 0.325 e. The average Bonchev–Trinajstić information content (AvgIpc) is 2.11. The minimum atomic E-state index is -2.03. The van der Waals surface area contributed by atoms with Crippen LogP contribution in [0.15, 0.2) is 24.2 Å². The van der Waals surface area contributed by atoms with Gasteiger partial charge in [0.05, 0.1) is 4.11 Å². The summed E-state index contributed by atoms with van der Waals surface area (Å²) in [5.74, 6) is -1.66. The third-order valence-corrected chi connectivity index (χ3v) is 1.36. The summed E-state index contributed by atoms with van der Waals surface area (Å²) in [5, 5.41) is 20.1. The molecular weight excluding hydrogens is 170 g/mol. The molecule has 4 heteroatoms. The molecule has 1 aromatic rings. The van der Waals surface area contributed by atoms with Gasteiger partial charge in [0.1, 0.15) is 11.8 Å². The van der Waals surface area contributed by atoms with Crippen molar-refractivity contribution in [3.8, 4) is 5.75 Å². The van der Waals surface area contributed by atoms with Gasteiger partial charge in [0.15, 0.2) is 0 Å². The van der Waals surface area contributed by atoms with Crippen LogP contribution in [0.5, 0.6) is 5.75 Å². The van der Waals surface area contributed by atoms with Crippen LogP contribution >= 0.6 is 0 Å². The second-order valence-electron chi connectivity index (χ2n) is 2.43. The van der Waals surface area contributed by atoms with Crippen molar-refractivity contribution in [3.05, 3.63) is 24.2 Å². The summed E-state index contributed by atoms with van der Waals surface area (Å²) in [7, 11) is 0. The van der Waals surface area contributed by atoms with Gasteiger partial charge in [-0.1, -0.05) is 0 Å². The van der Waals surface area contributed by atoms with Gasteiger partial charge in [0, 0.05) is 5.69 Å². The van der Waals surface area contributed by atoms with Crippen molar-refractivity contribution < 1.29 is 19.1 Å². The highest BCUT2D eigenvalue weighted by atomic mass is 16.4. The summed E-state index contributed by atoms with van der Waals surface area (Å²) in [6, 6.07) is -0.353. The Kier molecular flexibility index (Phi) is 1.71. The minimum absolute atomic E-state index is 0.0994. The van der Waals surface area contributed by atoms with Gasteiger partial charge in [-0.15, -0.1) is 0 Å². The molecule has 70 valence electrons. The van der Waals surface area contributed by atoms with Crippen LogP contribution in [0, 0.1) is 0 Å². The van der Waals surface area contributed by atoms with Crippen LogP contribution in [-0.2, 0) is 4.79 Å². The maximum absolute atomic E-state index is 10.7. The Morgan fingerprint density at radius 2 is 2.23 bits per heavy atom. The average molecular weight is 184 g/mol. The van der Waals surface area contributed by atoms with Crippen LogP contribution in [0.1, 0.15) is 11.0 Å². The normalized spacial score (nSPS) is 17.8. The quantitative estimate of drug-likeness (QED) is 0.619. The zero-order chi connectivity index (χ0) is 12.5. The van der Waals surface area contributed by atoms with Gasteiger partial charge < -0.3 is 15.5 Å². The molecule has 0 saturated carbocycles. The molecule has 0 saturated heterocycles. The third kappa shape index (κ3) is 2.66. The van der Waals surface area contributed by atoms with E-state index in [1.165, 1.54) is 0 Å². The molecule has 1 atom stereocenters. The number of aliphatic carboxylic acids is 1. The Bertz CT molecular complexity index is 411. The van der Waals surface area contributed by atoms with Crippen LogP contribution < -0.4 is 5.32 Å². The van der Waals surface area contributed by atoms with Gasteiger partial charge in [-0.05, 0) is 31.1 Å². The standard InChI is InChI=1S/C9H11NO3/c1-6(9(12)13)10-7-2-4-8(11)5-3-7/h2-6,10-11H,1H3,(H,12,13)/t6-/m0/s1/i2D,3D,6D. The highest BCUT2D eigenvalue weighted by Gasteiger charge is 2.09. The van der Waals surface area contributed by atoms with Crippen LogP contribution in [0.2, 0.25) is 0 Å². The highest BCUT2D eigenvalue weighted by Crippen LogP contribution is 2.14. The van der Waals surface area contributed by atoms with Gasteiger partial charge >= 0.3 is 5.97 Å². The molecular formula is C9H11NO3. The fourth-order valence-corrected chi connectivity index (χ4v) is 0.689. The molecule has 0 aliphatic carbocycles. The van der Waals surface area contributed by atoms with Gasteiger partial charge in [-0.2, -0.15) is 0 Å². The third-order valence-electron chi connectivity index (χ3n) is 1.36. The molecule has 0 radical (unpaired) electrons. The van der Waals surface area contributed by atoms with Gasteiger partial charge in [0.2, 0.25) is 0 Å². The molecule has 0 fully saturated rings. The minimum Gasteiger partial charge on any atom is -0.508 e. The van der Waals surface area contributed by atoms with Crippen molar-refractivity contribution in [2.24, 2.45) is 0 Å². The molecule has 3 N–H and O–H groups in total. The molecule has 0 heterocycles. The van der Waals surface area contributed by atoms with Crippen molar-refractivity contribution in [2.45, 2.75) is 12.9 Å². The monoisotopic (exact) mass is 184 g/mol. The summed E-state index contributed by atoms with van der Waals surface area (Å²) in [5.41, 5.74) is -0.0994. The van der Waals surface area contributed by atoms with E-state index in [0.717, 1.165) is 19.1 Å².